The first kappa shape index (κ1) is 26.7. The molecule has 0 aliphatic heterocycles. The maximum Gasteiger partial charge on any atom is 0.253 e. The van der Waals surface area contributed by atoms with Crippen LogP contribution in [0.2, 0.25) is 5.02 Å². The summed E-state index contributed by atoms with van der Waals surface area (Å²) in [5.41, 5.74) is 4.38. The number of nitrogens with one attached hydrogen (secondary N) is 3. The summed E-state index contributed by atoms with van der Waals surface area (Å²) in [5.74, 6) is 1.30. The maximum atomic E-state index is 13.1. The summed E-state index contributed by atoms with van der Waals surface area (Å²) in [4.78, 5) is 30.8. The van der Waals surface area contributed by atoms with Crippen molar-refractivity contribution >= 4 is 23.2 Å². The third-order valence-corrected chi connectivity index (χ3v) is 8.45. The van der Waals surface area contributed by atoms with E-state index in [1.165, 1.54) is 45.1 Å². The van der Waals surface area contributed by atoms with E-state index in [2.05, 4.69) is 34.5 Å². The Kier molecular flexibility index (Phi) is 8.46. The fourth-order valence-corrected chi connectivity index (χ4v) is 5.91. The van der Waals surface area contributed by atoms with Crippen LogP contribution in [0.15, 0.2) is 23.0 Å². The maximum absolute atomic E-state index is 13.1. The lowest BCUT2D eigenvalue weighted by Crippen LogP contribution is -2.39. The predicted octanol–water partition coefficient (Wildman–Crippen LogP) is 5.58. The first-order chi connectivity index (χ1) is 17.1. The molecule has 0 spiro atoms. The number of benzene rings is 1. The summed E-state index contributed by atoms with van der Waals surface area (Å²) >= 11 is 6.44. The topological polar surface area (TPSA) is 77.2 Å². The van der Waals surface area contributed by atoms with Crippen molar-refractivity contribution in [1.82, 2.24) is 15.2 Å². The van der Waals surface area contributed by atoms with Crippen molar-refractivity contribution in [3.05, 3.63) is 61.5 Å². The van der Waals surface area contributed by atoms with Crippen molar-refractivity contribution in [3.8, 4) is 0 Å². The summed E-state index contributed by atoms with van der Waals surface area (Å²) in [7, 11) is 2.29. The number of H-pyrrole nitrogens is 1. The number of halogens is 1. The van der Waals surface area contributed by atoms with E-state index < -0.39 is 0 Å². The van der Waals surface area contributed by atoms with Crippen molar-refractivity contribution in [2.75, 3.05) is 18.9 Å². The highest BCUT2D eigenvalue weighted by atomic mass is 35.5. The Morgan fingerprint density at radius 2 is 1.81 bits per heavy atom. The van der Waals surface area contributed by atoms with Gasteiger partial charge in [-0.1, -0.05) is 11.6 Å². The van der Waals surface area contributed by atoms with Crippen molar-refractivity contribution in [3.63, 3.8) is 0 Å². The Morgan fingerprint density at radius 3 is 2.44 bits per heavy atom. The number of aryl methyl sites for hydroxylation is 2. The molecule has 1 aromatic carbocycles. The van der Waals surface area contributed by atoms with Crippen LogP contribution in [-0.2, 0) is 6.54 Å². The van der Waals surface area contributed by atoms with Gasteiger partial charge in [-0.15, -0.1) is 0 Å². The van der Waals surface area contributed by atoms with Crippen molar-refractivity contribution in [1.29, 1.82) is 0 Å². The first-order valence-electron chi connectivity index (χ1n) is 13.4. The van der Waals surface area contributed by atoms with Gasteiger partial charge in [0.05, 0.1) is 0 Å². The molecule has 2 aliphatic rings. The number of aromatic nitrogens is 1. The summed E-state index contributed by atoms with van der Waals surface area (Å²) < 4.78 is 0. The van der Waals surface area contributed by atoms with Crippen molar-refractivity contribution in [2.24, 2.45) is 11.8 Å². The van der Waals surface area contributed by atoms with Crippen LogP contribution < -0.4 is 16.2 Å². The second-order valence-corrected chi connectivity index (χ2v) is 11.6. The summed E-state index contributed by atoms with van der Waals surface area (Å²) in [6.07, 6.45) is 7.74. The van der Waals surface area contributed by atoms with E-state index in [1.54, 1.807) is 6.07 Å². The summed E-state index contributed by atoms with van der Waals surface area (Å²) in [5, 5.41) is 7.10. The van der Waals surface area contributed by atoms with E-state index in [-0.39, 0.29) is 18.0 Å². The number of nitrogens with zero attached hydrogens (tertiary/aromatic N) is 1. The van der Waals surface area contributed by atoms with E-state index in [0.29, 0.717) is 34.2 Å². The van der Waals surface area contributed by atoms with Crippen LogP contribution in [0.25, 0.3) is 0 Å². The molecular weight excluding hydrogens is 472 g/mol. The van der Waals surface area contributed by atoms with Crippen molar-refractivity contribution < 1.29 is 4.79 Å². The third-order valence-electron chi connectivity index (χ3n) is 8.23. The lowest BCUT2D eigenvalue weighted by Gasteiger charge is -2.37. The molecule has 2 aromatic rings. The van der Waals surface area contributed by atoms with Gasteiger partial charge in [0.1, 0.15) is 0 Å². The molecule has 3 N–H and O–H groups in total. The smallest absolute Gasteiger partial charge is 0.253 e. The van der Waals surface area contributed by atoms with Gasteiger partial charge < -0.3 is 20.5 Å². The lowest BCUT2D eigenvalue weighted by molar-refractivity contribution is 0.0950. The predicted molar refractivity (Wildman–Crippen MR) is 148 cm³/mol. The molecule has 7 heteroatoms. The first-order valence-corrected chi connectivity index (χ1v) is 13.7. The second kappa shape index (κ2) is 11.4. The van der Waals surface area contributed by atoms with Gasteiger partial charge in [0, 0.05) is 52.7 Å². The number of anilines is 1. The fourth-order valence-electron chi connectivity index (χ4n) is 5.69. The number of pyridine rings is 1. The zero-order valence-electron chi connectivity index (χ0n) is 22.3. The van der Waals surface area contributed by atoms with Gasteiger partial charge in [0.15, 0.2) is 0 Å². The van der Waals surface area contributed by atoms with E-state index >= 15 is 0 Å². The van der Waals surface area contributed by atoms with Crippen LogP contribution in [0.4, 0.5) is 5.69 Å². The number of carbonyl (C=O) groups excluding carboxylic acids is 1. The Hall–Kier alpha value is -2.31. The van der Waals surface area contributed by atoms with E-state index in [1.807, 2.05) is 32.9 Å². The van der Waals surface area contributed by atoms with Gasteiger partial charge >= 0.3 is 0 Å². The molecule has 2 aliphatic carbocycles. The molecule has 0 bridgehead atoms. The molecule has 2 saturated carbocycles. The van der Waals surface area contributed by atoms with Gasteiger partial charge in [-0.3, -0.25) is 9.59 Å². The average Bonchev–Trinajstić information content (AvgIpc) is 3.64. The molecule has 1 amide bonds. The molecule has 36 heavy (non-hydrogen) atoms. The number of amides is 1. The number of rotatable bonds is 9. The zero-order valence-corrected chi connectivity index (χ0v) is 23.1. The van der Waals surface area contributed by atoms with Gasteiger partial charge in [0.2, 0.25) is 0 Å². The Morgan fingerprint density at radius 1 is 1.11 bits per heavy atom. The van der Waals surface area contributed by atoms with Crippen LogP contribution in [0.3, 0.4) is 0 Å². The average molecular weight is 513 g/mol. The molecule has 0 saturated heterocycles. The molecule has 1 unspecified atom stereocenters. The summed E-state index contributed by atoms with van der Waals surface area (Å²) in [6, 6.07) is 6.53. The summed E-state index contributed by atoms with van der Waals surface area (Å²) in [6.45, 7) is 9.36. The van der Waals surface area contributed by atoms with Crippen LogP contribution >= 0.6 is 11.6 Å². The number of hydrogen-bond acceptors (Lipinski definition) is 4. The highest BCUT2D eigenvalue weighted by Gasteiger charge is 2.30. The molecule has 1 aromatic heterocycles. The quantitative estimate of drug-likeness (QED) is 0.409. The lowest BCUT2D eigenvalue weighted by atomic mass is 9.81. The van der Waals surface area contributed by atoms with Crippen molar-refractivity contribution in [2.45, 2.75) is 84.8 Å². The minimum Gasteiger partial charge on any atom is -0.382 e. The standard InChI is InChI=1S/C29H41ClN4O2/c1-17-12-18(2)32-29(36)26(17)15-31-28(35)25-13-23(30)14-27(19(25)3)33-20(4)22-8-10-24(11-9-22)34(5)16-21-6-7-21/h12-14,20-22,24,33H,6-11,15-16H2,1-5H3,(H,31,35)(H,32,36). The number of aromatic amines is 1. The van der Waals surface area contributed by atoms with Crippen LogP contribution in [-0.4, -0.2) is 41.5 Å². The van der Waals surface area contributed by atoms with Crippen LogP contribution in [0, 0.1) is 32.6 Å². The normalized spacial score (nSPS) is 20.9. The Labute approximate surface area is 220 Å². The molecule has 1 atom stereocenters. The monoisotopic (exact) mass is 512 g/mol. The SMILES string of the molecule is Cc1cc(C)c(CNC(=O)c2cc(Cl)cc(NC(C)C3CCC(N(C)CC4CC4)CC3)c2C)c(=O)[nH]1. The molecule has 4 rings (SSSR count). The van der Waals surface area contributed by atoms with Gasteiger partial charge in [0.25, 0.3) is 11.5 Å². The minimum absolute atomic E-state index is 0.166. The molecule has 2 fully saturated rings. The van der Waals surface area contributed by atoms with Gasteiger partial charge in [-0.05, 0) is 114 Å². The molecule has 196 valence electrons. The fraction of sp³-hybridized carbons (Fsp3) is 0.586. The minimum atomic E-state index is -0.232. The van der Waals surface area contributed by atoms with Gasteiger partial charge in [-0.25, -0.2) is 0 Å². The highest BCUT2D eigenvalue weighted by Crippen LogP contribution is 2.35. The number of hydrogen-bond donors (Lipinski definition) is 3. The van der Waals surface area contributed by atoms with E-state index in [4.69, 9.17) is 11.6 Å². The molecular formula is C29H41ClN4O2. The van der Waals surface area contributed by atoms with Crippen LogP contribution in [0.1, 0.15) is 78.2 Å². The Bertz CT molecular complexity index is 1150. The van der Waals surface area contributed by atoms with Gasteiger partial charge in [-0.2, -0.15) is 0 Å². The van der Waals surface area contributed by atoms with E-state index in [0.717, 1.165) is 28.4 Å². The Balaban J connectivity index is 1.38. The molecule has 0 radical (unpaired) electrons. The second-order valence-electron chi connectivity index (χ2n) is 11.1. The molecule has 1 heterocycles. The molecule has 6 nitrogen and oxygen atoms in total. The zero-order chi connectivity index (χ0) is 26.0. The largest absolute Gasteiger partial charge is 0.382 e. The third kappa shape index (κ3) is 6.51. The van der Waals surface area contributed by atoms with E-state index in [9.17, 15) is 9.59 Å². The highest BCUT2D eigenvalue weighted by molar-refractivity contribution is 6.31. The van der Waals surface area contributed by atoms with Crippen LogP contribution in [0.5, 0.6) is 0 Å². The number of carbonyl (C=O) groups is 1.